The summed E-state index contributed by atoms with van der Waals surface area (Å²) in [5, 5.41) is 0. The van der Waals surface area contributed by atoms with Gasteiger partial charge in [-0.3, -0.25) is 0 Å². The number of rotatable bonds is 4. The van der Waals surface area contributed by atoms with Gasteiger partial charge in [0.05, 0.1) is 0 Å². The minimum atomic E-state index is 0.521. The zero-order valence-electron chi connectivity index (χ0n) is 20.5. The predicted octanol–water partition coefficient (Wildman–Crippen LogP) is 6.74. The molecule has 4 heteroatoms. The molecule has 1 unspecified atom stereocenters. The van der Waals surface area contributed by atoms with Crippen molar-refractivity contribution < 1.29 is 0 Å². The van der Waals surface area contributed by atoms with E-state index in [-0.39, 0.29) is 0 Å². The van der Waals surface area contributed by atoms with E-state index in [4.69, 9.17) is 0 Å². The SMILES string of the molecule is CC.CC.CC(C)C1N(C)C=CN1C(C)C.CC(C)c1nccn1C(C)C. The summed E-state index contributed by atoms with van der Waals surface area (Å²) >= 11 is 0. The zero-order chi connectivity index (χ0) is 21.7. The van der Waals surface area contributed by atoms with Crippen molar-refractivity contribution >= 4 is 0 Å². The van der Waals surface area contributed by atoms with Crippen LogP contribution in [0.4, 0.5) is 0 Å². The van der Waals surface area contributed by atoms with Gasteiger partial charge in [-0.05, 0) is 33.6 Å². The van der Waals surface area contributed by atoms with Gasteiger partial charge in [0.2, 0.25) is 0 Å². The number of nitrogens with zero attached hydrogens (tertiary/aromatic N) is 4. The largest absolute Gasteiger partial charge is 0.359 e. The van der Waals surface area contributed by atoms with Crippen LogP contribution in [0.1, 0.15) is 101 Å². The lowest BCUT2D eigenvalue weighted by Gasteiger charge is -2.36. The summed E-state index contributed by atoms with van der Waals surface area (Å²) in [7, 11) is 2.14. The summed E-state index contributed by atoms with van der Waals surface area (Å²) in [5.74, 6) is 2.37. The van der Waals surface area contributed by atoms with E-state index in [0.29, 0.717) is 30.1 Å². The fraction of sp³-hybridized carbons (Fsp3) is 0.783. The molecule has 2 heterocycles. The van der Waals surface area contributed by atoms with Crippen molar-refractivity contribution in [3.05, 3.63) is 30.6 Å². The number of hydrogen-bond acceptors (Lipinski definition) is 3. The van der Waals surface area contributed by atoms with Gasteiger partial charge in [-0.25, -0.2) is 4.98 Å². The molecule has 4 nitrogen and oxygen atoms in total. The van der Waals surface area contributed by atoms with Crippen LogP contribution in [0.25, 0.3) is 0 Å². The van der Waals surface area contributed by atoms with E-state index >= 15 is 0 Å². The highest BCUT2D eigenvalue weighted by atomic mass is 15.4. The summed E-state index contributed by atoms with van der Waals surface area (Å²) < 4.78 is 2.21. The molecule has 1 aromatic rings. The van der Waals surface area contributed by atoms with Crippen molar-refractivity contribution in [1.82, 2.24) is 19.4 Å². The Hall–Kier alpha value is -1.45. The van der Waals surface area contributed by atoms with E-state index in [1.807, 2.05) is 40.1 Å². The normalized spacial score (nSPS) is 15.5. The Morgan fingerprint density at radius 2 is 1.33 bits per heavy atom. The summed E-state index contributed by atoms with van der Waals surface area (Å²) in [6.45, 7) is 25.7. The lowest BCUT2D eigenvalue weighted by molar-refractivity contribution is 0.103. The molecule has 2 rings (SSSR count). The van der Waals surface area contributed by atoms with Crippen LogP contribution in [0.15, 0.2) is 24.8 Å². The highest BCUT2D eigenvalue weighted by Crippen LogP contribution is 2.22. The molecule has 1 aliphatic heterocycles. The van der Waals surface area contributed by atoms with Gasteiger partial charge in [-0.1, -0.05) is 55.4 Å². The van der Waals surface area contributed by atoms with E-state index in [9.17, 15) is 0 Å². The Morgan fingerprint density at radius 1 is 0.815 bits per heavy atom. The highest BCUT2D eigenvalue weighted by Gasteiger charge is 2.27. The Kier molecular flexibility index (Phi) is 15.0. The smallest absolute Gasteiger partial charge is 0.111 e. The van der Waals surface area contributed by atoms with E-state index in [2.05, 4.69) is 94.2 Å². The van der Waals surface area contributed by atoms with Crippen molar-refractivity contribution in [3.63, 3.8) is 0 Å². The first-order valence-corrected chi connectivity index (χ1v) is 10.9. The van der Waals surface area contributed by atoms with Crippen LogP contribution in [0.2, 0.25) is 0 Å². The predicted molar refractivity (Wildman–Crippen MR) is 122 cm³/mol. The van der Waals surface area contributed by atoms with Crippen molar-refractivity contribution in [2.45, 2.75) is 107 Å². The molecule has 0 saturated carbocycles. The Bertz CT molecular complexity index is 464. The van der Waals surface area contributed by atoms with Gasteiger partial charge < -0.3 is 14.4 Å². The fourth-order valence-electron chi connectivity index (χ4n) is 3.07. The molecule has 0 saturated heterocycles. The van der Waals surface area contributed by atoms with Crippen molar-refractivity contribution in [2.75, 3.05) is 7.05 Å². The summed E-state index contributed by atoms with van der Waals surface area (Å²) in [6, 6.07) is 1.12. The number of hydrogen-bond donors (Lipinski definition) is 0. The maximum Gasteiger partial charge on any atom is 0.111 e. The van der Waals surface area contributed by atoms with E-state index < -0.39 is 0 Å². The maximum atomic E-state index is 4.30. The van der Waals surface area contributed by atoms with Crippen molar-refractivity contribution in [2.24, 2.45) is 5.92 Å². The molecule has 0 bridgehead atoms. The molecule has 0 fully saturated rings. The Labute approximate surface area is 170 Å². The topological polar surface area (TPSA) is 24.3 Å². The second kappa shape index (κ2) is 14.6. The third-order valence-corrected chi connectivity index (χ3v) is 4.16. The van der Waals surface area contributed by atoms with Gasteiger partial charge in [-0.2, -0.15) is 0 Å². The number of imidazole rings is 1. The summed E-state index contributed by atoms with van der Waals surface area (Å²) in [4.78, 5) is 8.99. The maximum absolute atomic E-state index is 4.30. The first-order chi connectivity index (χ1) is 12.7. The molecule has 0 amide bonds. The van der Waals surface area contributed by atoms with Crippen LogP contribution in [-0.4, -0.2) is 38.6 Å². The molecule has 0 spiro atoms. The molecule has 160 valence electrons. The minimum absolute atomic E-state index is 0.521. The lowest BCUT2D eigenvalue weighted by atomic mass is 10.1. The second-order valence-electron chi connectivity index (χ2n) is 7.60. The lowest BCUT2D eigenvalue weighted by Crippen LogP contribution is -2.43. The van der Waals surface area contributed by atoms with Crippen LogP contribution >= 0.6 is 0 Å². The van der Waals surface area contributed by atoms with Gasteiger partial charge in [-0.15, -0.1) is 0 Å². The molecule has 27 heavy (non-hydrogen) atoms. The van der Waals surface area contributed by atoms with Gasteiger partial charge >= 0.3 is 0 Å². The quantitative estimate of drug-likeness (QED) is 0.578. The molecule has 0 N–H and O–H groups in total. The molecule has 1 aromatic heterocycles. The average molecular weight is 381 g/mol. The summed E-state index contributed by atoms with van der Waals surface area (Å²) in [6.07, 6.45) is 8.81. The standard InChI is InChI=1S/C10H20N2.C9H16N2.2C2H6/c1-8(2)10-11(5)6-7-12(10)9(3)4;1-7(2)9-10-5-6-11(9)8(3)4;2*1-2/h6-10H,1-5H3;5-8H,1-4H3;2*1-2H3. The van der Waals surface area contributed by atoms with E-state index in [0.717, 1.165) is 0 Å². The van der Waals surface area contributed by atoms with Gasteiger partial charge in [0, 0.05) is 49.8 Å². The first-order valence-electron chi connectivity index (χ1n) is 10.9. The third-order valence-electron chi connectivity index (χ3n) is 4.16. The van der Waals surface area contributed by atoms with Crippen LogP contribution < -0.4 is 0 Å². The fourth-order valence-corrected chi connectivity index (χ4v) is 3.07. The molecular formula is C23H48N4. The molecule has 0 aromatic carbocycles. The van der Waals surface area contributed by atoms with Gasteiger partial charge in [0.25, 0.3) is 0 Å². The molecule has 0 radical (unpaired) electrons. The zero-order valence-corrected chi connectivity index (χ0v) is 20.5. The highest BCUT2D eigenvalue weighted by molar-refractivity contribution is 4.99. The van der Waals surface area contributed by atoms with Crippen molar-refractivity contribution in [3.8, 4) is 0 Å². The Morgan fingerprint density at radius 3 is 1.63 bits per heavy atom. The molecule has 0 aliphatic carbocycles. The monoisotopic (exact) mass is 380 g/mol. The third kappa shape index (κ3) is 8.85. The Balaban J connectivity index is 0. The number of aromatic nitrogens is 2. The minimum Gasteiger partial charge on any atom is -0.359 e. The van der Waals surface area contributed by atoms with E-state index in [1.165, 1.54) is 5.82 Å². The van der Waals surface area contributed by atoms with Crippen LogP contribution in [-0.2, 0) is 0 Å². The van der Waals surface area contributed by atoms with Crippen LogP contribution in [0.5, 0.6) is 0 Å². The summed E-state index contributed by atoms with van der Waals surface area (Å²) in [5.41, 5.74) is 0. The van der Waals surface area contributed by atoms with Gasteiger partial charge in [0.1, 0.15) is 12.0 Å². The van der Waals surface area contributed by atoms with E-state index in [1.54, 1.807) is 0 Å². The van der Waals surface area contributed by atoms with Gasteiger partial charge in [0.15, 0.2) is 0 Å². The van der Waals surface area contributed by atoms with Crippen LogP contribution in [0.3, 0.4) is 0 Å². The van der Waals surface area contributed by atoms with Crippen LogP contribution in [0, 0.1) is 5.92 Å². The molecular weight excluding hydrogens is 332 g/mol. The second-order valence-corrected chi connectivity index (χ2v) is 7.60. The molecule has 1 atom stereocenters. The first kappa shape index (κ1) is 27.8. The molecule has 1 aliphatic rings. The average Bonchev–Trinajstić information content (AvgIpc) is 3.25. The van der Waals surface area contributed by atoms with Crippen molar-refractivity contribution in [1.29, 1.82) is 0 Å².